The van der Waals surface area contributed by atoms with E-state index in [9.17, 15) is 4.79 Å². The van der Waals surface area contributed by atoms with Crippen molar-refractivity contribution in [2.24, 2.45) is 5.92 Å². The van der Waals surface area contributed by atoms with Gasteiger partial charge in [0.25, 0.3) is 5.56 Å². The molecule has 0 bridgehead atoms. The number of piperidine rings is 1. The molecule has 27 heavy (non-hydrogen) atoms. The van der Waals surface area contributed by atoms with Gasteiger partial charge >= 0.3 is 0 Å². The van der Waals surface area contributed by atoms with Crippen molar-refractivity contribution < 1.29 is 0 Å². The maximum absolute atomic E-state index is 12.9. The highest BCUT2D eigenvalue weighted by atomic mass is 16.1. The highest BCUT2D eigenvalue weighted by molar-refractivity contribution is 5.77. The van der Waals surface area contributed by atoms with Gasteiger partial charge < -0.3 is 0 Å². The summed E-state index contributed by atoms with van der Waals surface area (Å²) in [7, 11) is 0. The molecule has 4 heteroatoms. The third-order valence-electron chi connectivity index (χ3n) is 5.97. The Morgan fingerprint density at radius 2 is 1.70 bits per heavy atom. The monoisotopic (exact) mass is 361 g/mol. The van der Waals surface area contributed by atoms with Crippen LogP contribution < -0.4 is 5.56 Å². The first-order chi connectivity index (χ1) is 13.1. The number of likely N-dealkylation sites (tertiary alicyclic amines) is 1. The highest BCUT2D eigenvalue weighted by Crippen LogP contribution is 2.27. The van der Waals surface area contributed by atoms with Crippen LogP contribution in [0, 0.1) is 12.8 Å². The number of aromatic nitrogens is 2. The second kappa shape index (κ2) is 7.65. The van der Waals surface area contributed by atoms with E-state index in [1.807, 2.05) is 35.8 Å². The molecule has 4 rings (SSSR count). The summed E-state index contributed by atoms with van der Waals surface area (Å²) in [5.41, 5.74) is 2.27. The number of aryl methyl sites for hydroxylation is 1. The van der Waals surface area contributed by atoms with Gasteiger partial charge in [0.05, 0.1) is 10.9 Å². The SMILES string of the molecule is Cc1nc2ccccc2c(=O)n1CC1CCN(C(C)c2ccccc2)CC1. The second-order valence-corrected chi connectivity index (χ2v) is 7.66. The third-order valence-corrected chi connectivity index (χ3v) is 5.97. The van der Waals surface area contributed by atoms with Crippen LogP contribution in [0.5, 0.6) is 0 Å². The van der Waals surface area contributed by atoms with Crippen LogP contribution in [0.1, 0.15) is 37.2 Å². The van der Waals surface area contributed by atoms with Gasteiger partial charge in [-0.1, -0.05) is 42.5 Å². The largest absolute Gasteiger partial charge is 0.297 e. The summed E-state index contributed by atoms with van der Waals surface area (Å²) in [6, 6.07) is 18.8. The first-order valence-electron chi connectivity index (χ1n) is 9.88. The van der Waals surface area contributed by atoms with Crippen molar-refractivity contribution in [2.45, 2.75) is 39.3 Å². The Labute approximate surface area is 160 Å². The van der Waals surface area contributed by atoms with Gasteiger partial charge in [0.1, 0.15) is 5.82 Å². The van der Waals surface area contributed by atoms with E-state index in [1.54, 1.807) is 0 Å². The van der Waals surface area contributed by atoms with Crippen LogP contribution >= 0.6 is 0 Å². The predicted molar refractivity (Wildman–Crippen MR) is 110 cm³/mol. The Hall–Kier alpha value is -2.46. The van der Waals surface area contributed by atoms with Crippen LogP contribution in [-0.2, 0) is 6.54 Å². The minimum absolute atomic E-state index is 0.0955. The van der Waals surface area contributed by atoms with Crippen LogP contribution in [0.4, 0.5) is 0 Å². The van der Waals surface area contributed by atoms with Crippen LogP contribution in [0.3, 0.4) is 0 Å². The zero-order valence-corrected chi connectivity index (χ0v) is 16.1. The molecular formula is C23H27N3O. The molecule has 0 saturated carbocycles. The molecule has 3 aromatic rings. The molecule has 140 valence electrons. The van der Waals surface area contributed by atoms with Gasteiger partial charge in [0, 0.05) is 12.6 Å². The maximum Gasteiger partial charge on any atom is 0.261 e. The van der Waals surface area contributed by atoms with Gasteiger partial charge in [0.2, 0.25) is 0 Å². The topological polar surface area (TPSA) is 38.1 Å². The average Bonchev–Trinajstić information content (AvgIpc) is 2.72. The van der Waals surface area contributed by atoms with E-state index in [0.29, 0.717) is 12.0 Å². The van der Waals surface area contributed by atoms with Gasteiger partial charge in [-0.25, -0.2) is 4.98 Å². The summed E-state index contributed by atoms with van der Waals surface area (Å²) in [5, 5.41) is 0.721. The fraction of sp³-hybridized carbons (Fsp3) is 0.391. The maximum atomic E-state index is 12.9. The van der Waals surface area contributed by atoms with Crippen molar-refractivity contribution in [1.82, 2.24) is 14.5 Å². The van der Waals surface area contributed by atoms with E-state index in [-0.39, 0.29) is 5.56 Å². The van der Waals surface area contributed by atoms with Crippen molar-refractivity contribution in [2.75, 3.05) is 13.1 Å². The lowest BCUT2D eigenvalue weighted by Gasteiger charge is -2.36. The quantitative estimate of drug-likeness (QED) is 0.700. The lowest BCUT2D eigenvalue weighted by atomic mass is 9.94. The third kappa shape index (κ3) is 3.67. The molecule has 0 radical (unpaired) electrons. The first-order valence-corrected chi connectivity index (χ1v) is 9.88. The Kier molecular flexibility index (Phi) is 5.08. The molecular weight excluding hydrogens is 334 g/mol. The first kappa shape index (κ1) is 17.9. The Balaban J connectivity index is 1.45. The standard InChI is InChI=1S/C23H27N3O/c1-17(20-8-4-3-5-9-20)25-14-12-19(13-15-25)16-26-18(2)24-22-11-7-6-10-21(22)23(26)27/h3-11,17,19H,12-16H2,1-2H3. The number of rotatable bonds is 4. The molecule has 1 aliphatic rings. The number of hydrogen-bond donors (Lipinski definition) is 0. The van der Waals surface area contributed by atoms with Crippen molar-refractivity contribution >= 4 is 10.9 Å². The Bertz CT molecular complexity index is 972. The summed E-state index contributed by atoms with van der Waals surface area (Å²) in [5.74, 6) is 1.35. The number of nitrogens with zero attached hydrogens (tertiary/aromatic N) is 3. The smallest absolute Gasteiger partial charge is 0.261 e. The molecule has 0 spiro atoms. The summed E-state index contributed by atoms with van der Waals surface area (Å²) in [6.07, 6.45) is 2.24. The molecule has 0 aliphatic carbocycles. The molecule has 1 unspecified atom stereocenters. The van der Waals surface area contributed by atoms with Gasteiger partial charge in [-0.2, -0.15) is 0 Å². The van der Waals surface area contributed by atoms with Crippen molar-refractivity contribution in [3.8, 4) is 0 Å². The molecule has 1 fully saturated rings. The predicted octanol–water partition coefficient (Wildman–Crippen LogP) is 4.18. The molecule has 0 N–H and O–H groups in total. The van der Waals surface area contributed by atoms with Crippen LogP contribution in [0.25, 0.3) is 10.9 Å². The fourth-order valence-corrected chi connectivity index (χ4v) is 4.22. The summed E-state index contributed by atoms with van der Waals surface area (Å²) < 4.78 is 1.88. The molecule has 2 heterocycles. The number of benzene rings is 2. The summed E-state index contributed by atoms with van der Waals surface area (Å²) >= 11 is 0. The van der Waals surface area contributed by atoms with E-state index in [0.717, 1.165) is 49.2 Å². The fourth-order valence-electron chi connectivity index (χ4n) is 4.22. The second-order valence-electron chi connectivity index (χ2n) is 7.66. The van der Waals surface area contributed by atoms with Gasteiger partial charge in [-0.15, -0.1) is 0 Å². The van der Waals surface area contributed by atoms with Crippen LogP contribution in [0.2, 0.25) is 0 Å². The van der Waals surface area contributed by atoms with Crippen molar-refractivity contribution in [1.29, 1.82) is 0 Å². The lowest BCUT2D eigenvalue weighted by Crippen LogP contribution is -2.38. The average molecular weight is 361 g/mol. The van der Waals surface area contributed by atoms with E-state index in [1.165, 1.54) is 5.56 Å². The van der Waals surface area contributed by atoms with Crippen LogP contribution in [-0.4, -0.2) is 27.5 Å². The zero-order valence-electron chi connectivity index (χ0n) is 16.1. The van der Waals surface area contributed by atoms with E-state index < -0.39 is 0 Å². The van der Waals surface area contributed by atoms with E-state index in [2.05, 4.69) is 47.1 Å². The van der Waals surface area contributed by atoms with Crippen molar-refractivity contribution in [3.63, 3.8) is 0 Å². The van der Waals surface area contributed by atoms with Crippen molar-refractivity contribution in [3.05, 3.63) is 76.3 Å². The number of hydrogen-bond acceptors (Lipinski definition) is 3. The molecule has 2 aromatic carbocycles. The number of fused-ring (bicyclic) bond motifs is 1. The molecule has 0 amide bonds. The number of para-hydroxylation sites is 1. The molecule has 1 saturated heterocycles. The molecule has 1 aliphatic heterocycles. The zero-order chi connectivity index (χ0) is 18.8. The summed E-state index contributed by atoms with van der Waals surface area (Å²) in [6.45, 7) is 7.17. The summed E-state index contributed by atoms with van der Waals surface area (Å²) in [4.78, 5) is 20.1. The Morgan fingerprint density at radius 3 is 2.44 bits per heavy atom. The van der Waals surface area contributed by atoms with Gasteiger partial charge in [-0.05, 0) is 63.4 Å². The Morgan fingerprint density at radius 1 is 1.04 bits per heavy atom. The van der Waals surface area contributed by atoms with Crippen LogP contribution in [0.15, 0.2) is 59.4 Å². The van der Waals surface area contributed by atoms with E-state index >= 15 is 0 Å². The normalized spacial score (nSPS) is 17.3. The lowest BCUT2D eigenvalue weighted by molar-refractivity contribution is 0.133. The molecule has 1 aromatic heterocycles. The molecule has 4 nitrogen and oxygen atoms in total. The highest BCUT2D eigenvalue weighted by Gasteiger charge is 2.24. The molecule has 1 atom stereocenters. The minimum Gasteiger partial charge on any atom is -0.297 e. The minimum atomic E-state index is 0.0955. The van der Waals surface area contributed by atoms with Gasteiger partial charge in [-0.3, -0.25) is 14.3 Å². The van der Waals surface area contributed by atoms with Gasteiger partial charge in [0.15, 0.2) is 0 Å². The van der Waals surface area contributed by atoms with E-state index in [4.69, 9.17) is 0 Å².